The number of carbonyl (C=O) groups is 2. The van der Waals surface area contributed by atoms with Gasteiger partial charge in [-0.15, -0.1) is 0 Å². The van der Waals surface area contributed by atoms with Gasteiger partial charge < -0.3 is 24.7 Å². The van der Waals surface area contributed by atoms with Gasteiger partial charge in [0.15, 0.2) is 17.3 Å². The van der Waals surface area contributed by atoms with Crippen LogP contribution in [0.15, 0.2) is 63.7 Å². The standard InChI is InChI=1S/C27H28BrNO6/c1-4-33-21-12-17(18(28)13-22(21)34-14-16-10-8-15(2)9-11-16)23-24-19(30)6-5-7-20(24)35-26(29)25(23)27(31)32-3/h8-13,23H,4-7,14,29H2,1-3H3/t23-/m1/s1. The van der Waals surface area contributed by atoms with Crippen molar-refractivity contribution in [3.63, 3.8) is 0 Å². The van der Waals surface area contributed by atoms with E-state index < -0.39 is 11.9 Å². The summed E-state index contributed by atoms with van der Waals surface area (Å²) < 4.78 is 23.4. The highest BCUT2D eigenvalue weighted by Gasteiger charge is 2.42. The molecule has 2 N–H and O–H groups in total. The molecule has 0 amide bonds. The van der Waals surface area contributed by atoms with E-state index >= 15 is 0 Å². The number of esters is 1. The Morgan fingerprint density at radius 3 is 2.54 bits per heavy atom. The van der Waals surface area contributed by atoms with E-state index in [-0.39, 0.29) is 17.2 Å². The molecular weight excluding hydrogens is 514 g/mol. The van der Waals surface area contributed by atoms with Gasteiger partial charge >= 0.3 is 5.97 Å². The summed E-state index contributed by atoms with van der Waals surface area (Å²) in [6.45, 7) is 4.68. The Labute approximate surface area is 213 Å². The van der Waals surface area contributed by atoms with Crippen molar-refractivity contribution >= 4 is 27.7 Å². The molecule has 2 aliphatic rings. The molecule has 1 atom stereocenters. The Bertz CT molecular complexity index is 1210. The molecule has 0 bridgehead atoms. The topological polar surface area (TPSA) is 97.1 Å². The first-order valence-corrected chi connectivity index (χ1v) is 12.3. The smallest absolute Gasteiger partial charge is 0.340 e. The van der Waals surface area contributed by atoms with Crippen LogP contribution in [-0.4, -0.2) is 25.5 Å². The number of hydrogen-bond acceptors (Lipinski definition) is 7. The van der Waals surface area contributed by atoms with Crippen LogP contribution in [0.4, 0.5) is 0 Å². The van der Waals surface area contributed by atoms with Crippen LogP contribution in [0.2, 0.25) is 0 Å². The average molecular weight is 542 g/mol. The first-order chi connectivity index (χ1) is 16.8. The number of hydrogen-bond donors (Lipinski definition) is 1. The number of methoxy groups -OCH3 is 1. The number of allylic oxidation sites excluding steroid dienone is 2. The lowest BCUT2D eigenvalue weighted by Crippen LogP contribution is -2.31. The third kappa shape index (κ3) is 5.07. The third-order valence-electron chi connectivity index (χ3n) is 6.08. The molecule has 2 aromatic rings. The number of aryl methyl sites for hydroxylation is 1. The summed E-state index contributed by atoms with van der Waals surface area (Å²) in [7, 11) is 1.27. The fraction of sp³-hybridized carbons (Fsp3) is 0.333. The summed E-state index contributed by atoms with van der Waals surface area (Å²) in [5.41, 5.74) is 9.54. The van der Waals surface area contributed by atoms with Crippen molar-refractivity contribution in [3.8, 4) is 11.5 Å². The number of rotatable bonds is 7. The number of halogens is 1. The van der Waals surface area contributed by atoms with Gasteiger partial charge in [-0.1, -0.05) is 45.8 Å². The van der Waals surface area contributed by atoms with E-state index in [0.717, 1.165) is 5.56 Å². The van der Waals surface area contributed by atoms with Gasteiger partial charge in [0.1, 0.15) is 17.9 Å². The molecule has 1 aliphatic carbocycles. The van der Waals surface area contributed by atoms with Crippen LogP contribution in [0.5, 0.6) is 11.5 Å². The van der Waals surface area contributed by atoms with Crippen LogP contribution in [0.1, 0.15) is 48.8 Å². The number of ketones is 1. The van der Waals surface area contributed by atoms with Crippen molar-refractivity contribution < 1.29 is 28.5 Å². The summed E-state index contributed by atoms with van der Waals surface area (Å²) in [5.74, 6) is 0.00425. The lowest BCUT2D eigenvalue weighted by molar-refractivity contribution is -0.136. The van der Waals surface area contributed by atoms with Gasteiger partial charge in [0.05, 0.1) is 19.6 Å². The molecule has 0 spiro atoms. The van der Waals surface area contributed by atoms with Gasteiger partial charge in [0.2, 0.25) is 5.88 Å². The largest absolute Gasteiger partial charge is 0.490 e. The fourth-order valence-corrected chi connectivity index (χ4v) is 4.93. The minimum absolute atomic E-state index is 0.0557. The van der Waals surface area contributed by atoms with E-state index in [9.17, 15) is 9.59 Å². The Hall–Kier alpha value is -3.26. The SMILES string of the molecule is CCOc1cc([C@H]2C(C(=O)OC)=C(N)OC3=C2C(=O)CCC3)c(Br)cc1OCc1ccc(C)cc1. The number of Topliss-reactive ketones (excluding diaryl/α,β-unsaturated/α-hetero) is 1. The summed E-state index contributed by atoms with van der Waals surface area (Å²) >= 11 is 3.63. The Morgan fingerprint density at radius 2 is 1.86 bits per heavy atom. The van der Waals surface area contributed by atoms with Crippen molar-refractivity contribution in [3.05, 3.63) is 80.3 Å². The molecule has 1 aliphatic heterocycles. The molecule has 1 heterocycles. The zero-order chi connectivity index (χ0) is 25.1. The molecule has 0 fully saturated rings. The van der Waals surface area contributed by atoms with E-state index in [2.05, 4.69) is 15.9 Å². The number of carbonyl (C=O) groups excluding carboxylic acids is 2. The van der Waals surface area contributed by atoms with E-state index in [1.165, 1.54) is 12.7 Å². The molecule has 0 saturated heterocycles. The van der Waals surface area contributed by atoms with Crippen LogP contribution >= 0.6 is 15.9 Å². The van der Waals surface area contributed by atoms with Crippen LogP contribution in [-0.2, 0) is 25.7 Å². The Kier molecular flexibility index (Phi) is 7.50. The molecule has 0 saturated carbocycles. The van der Waals surface area contributed by atoms with Gasteiger partial charge in [-0.05, 0) is 43.5 Å². The molecular formula is C27H28BrNO6. The van der Waals surface area contributed by atoms with Crippen molar-refractivity contribution in [1.82, 2.24) is 0 Å². The average Bonchev–Trinajstić information content (AvgIpc) is 2.84. The minimum Gasteiger partial charge on any atom is -0.490 e. The maximum Gasteiger partial charge on any atom is 0.340 e. The first-order valence-electron chi connectivity index (χ1n) is 11.5. The second kappa shape index (κ2) is 10.6. The molecule has 8 heteroatoms. The van der Waals surface area contributed by atoms with Crippen molar-refractivity contribution in [2.45, 2.75) is 45.6 Å². The predicted octanol–water partition coefficient (Wildman–Crippen LogP) is 5.20. The fourth-order valence-electron chi connectivity index (χ4n) is 4.37. The molecule has 0 aromatic heterocycles. The Balaban J connectivity index is 1.78. The van der Waals surface area contributed by atoms with Crippen LogP contribution < -0.4 is 15.2 Å². The quantitative estimate of drug-likeness (QED) is 0.481. The van der Waals surface area contributed by atoms with E-state index in [1.54, 1.807) is 12.1 Å². The first kappa shape index (κ1) is 24.9. The van der Waals surface area contributed by atoms with Gasteiger partial charge in [0, 0.05) is 22.9 Å². The minimum atomic E-state index is -0.751. The summed E-state index contributed by atoms with van der Waals surface area (Å²) in [4.78, 5) is 25.8. The van der Waals surface area contributed by atoms with Gasteiger partial charge in [0.25, 0.3) is 0 Å². The third-order valence-corrected chi connectivity index (χ3v) is 6.77. The molecule has 0 radical (unpaired) electrons. The maximum atomic E-state index is 13.0. The normalized spacial score (nSPS) is 17.6. The highest BCUT2D eigenvalue weighted by Crippen LogP contribution is 2.48. The van der Waals surface area contributed by atoms with E-state index in [1.807, 2.05) is 38.1 Å². The molecule has 35 heavy (non-hydrogen) atoms. The van der Waals surface area contributed by atoms with Crippen LogP contribution in [0.3, 0.4) is 0 Å². The van der Waals surface area contributed by atoms with E-state index in [0.29, 0.717) is 65.3 Å². The molecule has 2 aromatic carbocycles. The van der Waals surface area contributed by atoms with E-state index in [4.69, 9.17) is 24.7 Å². The summed E-state index contributed by atoms with van der Waals surface area (Å²) in [5, 5.41) is 0. The number of benzene rings is 2. The van der Waals surface area contributed by atoms with Crippen molar-refractivity contribution in [2.75, 3.05) is 13.7 Å². The second-order valence-electron chi connectivity index (χ2n) is 8.45. The highest BCUT2D eigenvalue weighted by atomic mass is 79.9. The maximum absolute atomic E-state index is 13.0. The van der Waals surface area contributed by atoms with Crippen LogP contribution in [0.25, 0.3) is 0 Å². The zero-order valence-electron chi connectivity index (χ0n) is 20.0. The molecule has 4 rings (SSSR count). The van der Waals surface area contributed by atoms with Crippen molar-refractivity contribution in [2.24, 2.45) is 5.73 Å². The van der Waals surface area contributed by atoms with Crippen molar-refractivity contribution in [1.29, 1.82) is 0 Å². The monoisotopic (exact) mass is 541 g/mol. The zero-order valence-corrected chi connectivity index (χ0v) is 21.6. The Morgan fingerprint density at radius 1 is 1.14 bits per heavy atom. The second-order valence-corrected chi connectivity index (χ2v) is 9.30. The van der Waals surface area contributed by atoms with Gasteiger partial charge in [-0.3, -0.25) is 4.79 Å². The molecule has 184 valence electrons. The summed E-state index contributed by atoms with van der Waals surface area (Å²) in [6, 6.07) is 11.7. The van der Waals surface area contributed by atoms with Gasteiger partial charge in [-0.25, -0.2) is 4.79 Å². The molecule has 7 nitrogen and oxygen atoms in total. The van der Waals surface area contributed by atoms with Gasteiger partial charge in [-0.2, -0.15) is 0 Å². The lowest BCUT2D eigenvalue weighted by Gasteiger charge is -2.33. The number of ether oxygens (including phenoxy) is 4. The molecule has 0 unspecified atom stereocenters. The predicted molar refractivity (Wildman–Crippen MR) is 134 cm³/mol. The number of nitrogens with two attached hydrogens (primary N) is 1. The lowest BCUT2D eigenvalue weighted by atomic mass is 9.77. The van der Waals surface area contributed by atoms with Crippen LogP contribution in [0, 0.1) is 6.92 Å². The summed E-state index contributed by atoms with van der Waals surface area (Å²) in [6.07, 6.45) is 1.61. The highest BCUT2D eigenvalue weighted by molar-refractivity contribution is 9.10.